The third kappa shape index (κ3) is 4.71. The van der Waals surface area contributed by atoms with Gasteiger partial charge >= 0.3 is 11.7 Å². The fraction of sp³-hybridized carbons (Fsp3) is 0.333. The molecule has 8 heteroatoms. The number of fused-ring (bicyclic) bond motifs is 1. The number of hydrogen-bond donors (Lipinski definition) is 1. The van der Waals surface area contributed by atoms with Gasteiger partial charge < -0.3 is 14.6 Å². The summed E-state index contributed by atoms with van der Waals surface area (Å²) in [6.07, 6.45) is -0.904. The molecular weight excluding hydrogens is 440 g/mol. The third-order valence-corrected chi connectivity index (χ3v) is 5.02. The predicted octanol–water partition coefficient (Wildman–Crippen LogP) is 3.20. The number of ether oxygens (including phenoxy) is 2. The number of benzene rings is 2. The van der Waals surface area contributed by atoms with Crippen molar-refractivity contribution in [2.24, 2.45) is 0 Å². The number of nitrogens with zero attached hydrogens (tertiary/aromatic N) is 2. The zero-order valence-corrected chi connectivity index (χ0v) is 17.9. The maximum atomic E-state index is 12.8. The molecule has 0 amide bonds. The predicted molar refractivity (Wildman–Crippen MR) is 113 cm³/mol. The van der Waals surface area contributed by atoms with Crippen molar-refractivity contribution in [3.05, 3.63) is 63.0 Å². The van der Waals surface area contributed by atoms with Crippen LogP contribution < -0.4 is 10.4 Å². The number of esters is 1. The van der Waals surface area contributed by atoms with Gasteiger partial charge in [0.25, 0.3) is 0 Å². The minimum atomic E-state index is -0.904. The van der Waals surface area contributed by atoms with E-state index in [1.807, 2.05) is 19.1 Å². The van der Waals surface area contributed by atoms with Gasteiger partial charge in [0.15, 0.2) is 0 Å². The highest BCUT2D eigenvalue weighted by molar-refractivity contribution is 9.10. The maximum Gasteiger partial charge on any atom is 0.338 e. The van der Waals surface area contributed by atoms with Crippen LogP contribution in [0.1, 0.15) is 24.2 Å². The van der Waals surface area contributed by atoms with Gasteiger partial charge in [0.05, 0.1) is 29.7 Å². The lowest BCUT2D eigenvalue weighted by Gasteiger charge is -2.13. The highest BCUT2D eigenvalue weighted by Crippen LogP contribution is 2.18. The summed E-state index contributed by atoms with van der Waals surface area (Å²) in [6.45, 7) is 4.44. The monoisotopic (exact) mass is 462 g/mol. The second-order valence-corrected chi connectivity index (χ2v) is 7.40. The van der Waals surface area contributed by atoms with E-state index in [1.165, 1.54) is 4.57 Å². The molecule has 0 unspecified atom stereocenters. The number of aromatic nitrogens is 2. The van der Waals surface area contributed by atoms with Crippen molar-refractivity contribution in [2.45, 2.75) is 33.0 Å². The smallest absolute Gasteiger partial charge is 0.338 e. The standard InChI is InChI=1S/C21H23BrN2O5/c1-3-23-18-10-5-14(20(26)28-4-2)11-19(18)24(21(23)27)12-16(25)13-29-17-8-6-15(22)7-9-17/h5-11,16,25H,3-4,12-13H2,1-2H3/t16-/m0/s1. The number of halogens is 1. The molecule has 0 spiro atoms. The van der Waals surface area contributed by atoms with Gasteiger partial charge in [-0.15, -0.1) is 0 Å². The van der Waals surface area contributed by atoms with Crippen molar-refractivity contribution in [1.82, 2.24) is 9.13 Å². The van der Waals surface area contributed by atoms with Gasteiger partial charge in [-0.05, 0) is 56.3 Å². The Bertz CT molecular complexity index is 1060. The first-order chi connectivity index (χ1) is 13.9. The SMILES string of the molecule is CCOC(=O)c1ccc2c(c1)n(C[C@H](O)COc1ccc(Br)cc1)c(=O)n2CC. The van der Waals surface area contributed by atoms with E-state index in [9.17, 15) is 14.7 Å². The largest absolute Gasteiger partial charge is 0.491 e. The molecule has 0 fully saturated rings. The lowest BCUT2D eigenvalue weighted by Crippen LogP contribution is -2.31. The van der Waals surface area contributed by atoms with E-state index in [1.54, 1.807) is 41.8 Å². The van der Waals surface area contributed by atoms with Gasteiger partial charge in [-0.3, -0.25) is 9.13 Å². The quantitative estimate of drug-likeness (QED) is 0.519. The lowest BCUT2D eigenvalue weighted by atomic mass is 10.2. The number of hydrogen-bond acceptors (Lipinski definition) is 5. The highest BCUT2D eigenvalue weighted by atomic mass is 79.9. The number of aryl methyl sites for hydroxylation is 1. The van der Waals surface area contributed by atoms with Crippen LogP contribution in [0.2, 0.25) is 0 Å². The molecule has 0 radical (unpaired) electrons. The molecule has 3 rings (SSSR count). The van der Waals surface area contributed by atoms with E-state index in [2.05, 4.69) is 15.9 Å². The number of imidazole rings is 1. The Kier molecular flexibility index (Phi) is 6.76. The fourth-order valence-electron chi connectivity index (χ4n) is 3.13. The molecule has 7 nitrogen and oxygen atoms in total. The van der Waals surface area contributed by atoms with Crippen LogP contribution in [0.5, 0.6) is 5.75 Å². The molecule has 3 aromatic rings. The lowest BCUT2D eigenvalue weighted by molar-refractivity contribution is 0.0526. The maximum absolute atomic E-state index is 12.8. The number of rotatable bonds is 8. The summed E-state index contributed by atoms with van der Waals surface area (Å²) in [7, 11) is 0. The molecule has 2 aromatic carbocycles. The zero-order valence-electron chi connectivity index (χ0n) is 16.3. The number of aliphatic hydroxyl groups excluding tert-OH is 1. The summed E-state index contributed by atoms with van der Waals surface area (Å²) in [5, 5.41) is 10.5. The Balaban J connectivity index is 1.85. The van der Waals surface area contributed by atoms with Crippen LogP contribution in [0, 0.1) is 0 Å². The van der Waals surface area contributed by atoms with Crippen LogP contribution in [0.3, 0.4) is 0 Å². The van der Waals surface area contributed by atoms with Gasteiger partial charge in [0.1, 0.15) is 18.5 Å². The van der Waals surface area contributed by atoms with E-state index in [0.29, 0.717) is 28.9 Å². The van der Waals surface area contributed by atoms with Crippen LogP contribution in [-0.4, -0.2) is 39.5 Å². The van der Waals surface area contributed by atoms with Crippen LogP contribution in [0.25, 0.3) is 11.0 Å². The Labute approximate surface area is 176 Å². The molecule has 0 aliphatic carbocycles. The van der Waals surface area contributed by atoms with Gasteiger partial charge in [0.2, 0.25) is 0 Å². The second kappa shape index (κ2) is 9.28. The first-order valence-electron chi connectivity index (χ1n) is 9.41. The highest BCUT2D eigenvalue weighted by Gasteiger charge is 2.18. The molecule has 0 aliphatic rings. The Morgan fingerprint density at radius 2 is 1.83 bits per heavy atom. The average Bonchev–Trinajstić information content (AvgIpc) is 2.98. The normalized spacial score (nSPS) is 12.1. The van der Waals surface area contributed by atoms with E-state index >= 15 is 0 Å². The second-order valence-electron chi connectivity index (χ2n) is 6.48. The van der Waals surface area contributed by atoms with Crippen molar-refractivity contribution in [3.8, 4) is 5.75 Å². The summed E-state index contributed by atoms with van der Waals surface area (Å²) in [4.78, 5) is 24.9. The Hall–Kier alpha value is -2.58. The van der Waals surface area contributed by atoms with Crippen LogP contribution >= 0.6 is 15.9 Å². The van der Waals surface area contributed by atoms with E-state index in [-0.39, 0.29) is 25.4 Å². The van der Waals surface area contributed by atoms with Crippen LogP contribution in [0.15, 0.2) is 51.7 Å². The minimum absolute atomic E-state index is 0.0322. The molecular formula is C21H23BrN2O5. The summed E-state index contributed by atoms with van der Waals surface area (Å²) in [6, 6.07) is 12.3. The molecule has 1 N–H and O–H groups in total. The topological polar surface area (TPSA) is 82.7 Å². The fourth-order valence-corrected chi connectivity index (χ4v) is 3.39. The molecule has 154 valence electrons. The summed E-state index contributed by atoms with van der Waals surface area (Å²) in [5.41, 5.74) is 1.39. The van der Waals surface area contributed by atoms with Gasteiger partial charge in [-0.2, -0.15) is 0 Å². The molecule has 0 aliphatic heterocycles. The van der Waals surface area contributed by atoms with Crippen molar-refractivity contribution in [1.29, 1.82) is 0 Å². The van der Waals surface area contributed by atoms with Crippen LogP contribution in [-0.2, 0) is 17.8 Å². The van der Waals surface area contributed by atoms with Crippen molar-refractivity contribution >= 4 is 32.9 Å². The molecule has 1 atom stereocenters. The summed E-state index contributed by atoms with van der Waals surface area (Å²) in [5.74, 6) is 0.178. The molecule has 0 saturated heterocycles. The van der Waals surface area contributed by atoms with Gasteiger partial charge in [-0.1, -0.05) is 15.9 Å². The van der Waals surface area contributed by atoms with Gasteiger partial charge in [-0.25, -0.2) is 9.59 Å². The summed E-state index contributed by atoms with van der Waals surface area (Å²) >= 11 is 3.36. The molecule has 1 aromatic heterocycles. The number of aliphatic hydroxyl groups is 1. The molecule has 29 heavy (non-hydrogen) atoms. The first-order valence-corrected chi connectivity index (χ1v) is 10.2. The Morgan fingerprint density at radius 1 is 1.10 bits per heavy atom. The third-order valence-electron chi connectivity index (χ3n) is 4.50. The van der Waals surface area contributed by atoms with E-state index in [4.69, 9.17) is 9.47 Å². The molecule has 1 heterocycles. The molecule has 0 saturated carbocycles. The van der Waals surface area contributed by atoms with Gasteiger partial charge in [0, 0.05) is 11.0 Å². The van der Waals surface area contributed by atoms with Crippen molar-refractivity contribution in [2.75, 3.05) is 13.2 Å². The van der Waals surface area contributed by atoms with Crippen molar-refractivity contribution < 1.29 is 19.4 Å². The molecule has 0 bridgehead atoms. The van der Waals surface area contributed by atoms with Crippen molar-refractivity contribution in [3.63, 3.8) is 0 Å². The first kappa shape index (κ1) is 21.1. The van der Waals surface area contributed by atoms with E-state index in [0.717, 1.165) is 4.47 Å². The minimum Gasteiger partial charge on any atom is -0.491 e. The number of carbonyl (C=O) groups excluding carboxylic acids is 1. The van der Waals surface area contributed by atoms with E-state index < -0.39 is 12.1 Å². The number of carbonyl (C=O) groups is 1. The average molecular weight is 463 g/mol. The zero-order chi connectivity index (χ0) is 21.0. The summed E-state index contributed by atoms with van der Waals surface area (Å²) < 4.78 is 14.7. The van der Waals surface area contributed by atoms with Crippen LogP contribution in [0.4, 0.5) is 0 Å². The Morgan fingerprint density at radius 3 is 2.48 bits per heavy atom.